The summed E-state index contributed by atoms with van der Waals surface area (Å²) in [6.07, 6.45) is 1.85. The van der Waals surface area contributed by atoms with E-state index in [1.165, 1.54) is 11.3 Å². The quantitative estimate of drug-likeness (QED) is 0.318. The summed E-state index contributed by atoms with van der Waals surface area (Å²) in [4.78, 5) is 18.6. The second kappa shape index (κ2) is 8.24. The molecule has 0 aliphatic rings. The number of imidazole rings is 1. The van der Waals surface area contributed by atoms with E-state index in [4.69, 9.17) is 27.9 Å². The average Bonchev–Trinajstić information content (AvgIpc) is 3.24. The molecule has 160 valence electrons. The highest BCUT2D eigenvalue weighted by molar-refractivity contribution is 7.15. The summed E-state index contributed by atoms with van der Waals surface area (Å²) in [5, 5.41) is 1.13. The van der Waals surface area contributed by atoms with Crippen molar-refractivity contribution in [3.05, 3.63) is 102 Å². The van der Waals surface area contributed by atoms with Crippen molar-refractivity contribution in [3.63, 3.8) is 0 Å². The SMILES string of the molecule is Cc1cc2nc3sc(=Cc4ccccc4OCc4ccc(Cl)cc4Cl)c(=O)n3c2cc1C. The number of aromatic nitrogens is 2. The number of aryl methyl sites for hydroxylation is 2. The molecule has 4 nitrogen and oxygen atoms in total. The lowest BCUT2D eigenvalue weighted by atomic mass is 10.1. The maximum atomic E-state index is 13.2. The molecule has 0 spiro atoms. The highest BCUT2D eigenvalue weighted by atomic mass is 35.5. The van der Waals surface area contributed by atoms with Crippen LogP contribution in [0.3, 0.4) is 0 Å². The molecular weight excluding hydrogens is 463 g/mol. The first-order chi connectivity index (χ1) is 15.4. The van der Waals surface area contributed by atoms with Crippen molar-refractivity contribution in [2.24, 2.45) is 0 Å². The second-order valence-corrected chi connectivity index (χ2v) is 9.49. The predicted octanol–water partition coefficient (Wildman–Crippen LogP) is 5.96. The standard InChI is InChI=1S/C25H18Cl2N2O2S/c1-14-9-20-21(10-15(14)2)29-24(30)23(32-25(29)28-20)11-16-5-3-4-6-22(16)31-13-17-7-8-18(26)12-19(17)27/h3-12H,13H2,1-2H3. The van der Waals surface area contributed by atoms with Gasteiger partial charge in [0.2, 0.25) is 0 Å². The molecule has 0 aliphatic heterocycles. The van der Waals surface area contributed by atoms with Gasteiger partial charge in [-0.05, 0) is 61.4 Å². The average molecular weight is 481 g/mol. The Kier molecular flexibility index (Phi) is 5.41. The maximum absolute atomic E-state index is 13.2. The molecule has 0 saturated heterocycles. The van der Waals surface area contributed by atoms with Gasteiger partial charge in [-0.15, -0.1) is 0 Å². The molecule has 3 aromatic carbocycles. The van der Waals surface area contributed by atoms with E-state index in [0.29, 0.717) is 31.9 Å². The van der Waals surface area contributed by atoms with Crippen LogP contribution in [0.15, 0.2) is 59.4 Å². The van der Waals surface area contributed by atoms with Crippen LogP contribution >= 0.6 is 34.5 Å². The number of benzene rings is 3. The number of hydrogen-bond acceptors (Lipinski definition) is 4. The van der Waals surface area contributed by atoms with Gasteiger partial charge in [0.1, 0.15) is 12.4 Å². The summed E-state index contributed by atoms with van der Waals surface area (Å²) in [6, 6.07) is 17.0. The van der Waals surface area contributed by atoms with Gasteiger partial charge in [0, 0.05) is 21.2 Å². The van der Waals surface area contributed by atoms with E-state index in [0.717, 1.165) is 33.3 Å². The molecule has 0 unspecified atom stereocenters. The summed E-state index contributed by atoms with van der Waals surface area (Å²) < 4.78 is 8.33. The van der Waals surface area contributed by atoms with E-state index >= 15 is 0 Å². The third-order valence-electron chi connectivity index (χ3n) is 5.46. The van der Waals surface area contributed by atoms with Gasteiger partial charge in [0.15, 0.2) is 4.96 Å². The Morgan fingerprint density at radius 1 is 1.06 bits per heavy atom. The van der Waals surface area contributed by atoms with Gasteiger partial charge in [0.05, 0.1) is 15.6 Å². The lowest BCUT2D eigenvalue weighted by molar-refractivity contribution is 0.305. The minimum atomic E-state index is -0.0775. The minimum Gasteiger partial charge on any atom is -0.488 e. The van der Waals surface area contributed by atoms with E-state index in [2.05, 4.69) is 4.98 Å². The fraction of sp³-hybridized carbons (Fsp3) is 0.120. The largest absolute Gasteiger partial charge is 0.488 e. The van der Waals surface area contributed by atoms with Crippen LogP contribution in [0.2, 0.25) is 10.0 Å². The molecule has 2 aromatic heterocycles. The number of hydrogen-bond donors (Lipinski definition) is 0. The number of thiazole rings is 1. The number of nitrogens with zero attached hydrogens (tertiary/aromatic N) is 2. The number of fused-ring (bicyclic) bond motifs is 3. The summed E-state index contributed by atoms with van der Waals surface area (Å²) in [6.45, 7) is 4.38. The Hall–Kier alpha value is -2.86. The smallest absolute Gasteiger partial charge is 0.274 e. The van der Waals surface area contributed by atoms with Gasteiger partial charge < -0.3 is 4.74 Å². The third-order valence-corrected chi connectivity index (χ3v) is 7.01. The molecule has 0 N–H and O–H groups in total. The fourth-order valence-corrected chi connectivity index (χ4v) is 5.03. The van der Waals surface area contributed by atoms with Gasteiger partial charge in [0.25, 0.3) is 5.56 Å². The third kappa shape index (κ3) is 3.77. The van der Waals surface area contributed by atoms with Crippen LogP contribution in [0.4, 0.5) is 0 Å². The number of para-hydroxylation sites is 1. The van der Waals surface area contributed by atoms with E-state index in [-0.39, 0.29) is 5.56 Å². The zero-order valence-electron chi connectivity index (χ0n) is 17.4. The molecule has 0 aliphatic carbocycles. The summed E-state index contributed by atoms with van der Waals surface area (Å²) in [5.74, 6) is 0.667. The number of ether oxygens (including phenoxy) is 1. The van der Waals surface area contributed by atoms with Crippen LogP contribution in [0, 0.1) is 13.8 Å². The second-order valence-electron chi connectivity index (χ2n) is 7.63. The predicted molar refractivity (Wildman–Crippen MR) is 132 cm³/mol. The Morgan fingerprint density at radius 3 is 2.66 bits per heavy atom. The highest BCUT2D eigenvalue weighted by Gasteiger charge is 2.13. The molecule has 32 heavy (non-hydrogen) atoms. The Bertz CT molecular complexity index is 1600. The van der Waals surface area contributed by atoms with Gasteiger partial charge in [-0.25, -0.2) is 9.38 Å². The van der Waals surface area contributed by atoms with Crippen molar-refractivity contribution < 1.29 is 4.74 Å². The Balaban J connectivity index is 1.55. The maximum Gasteiger partial charge on any atom is 0.274 e. The summed E-state index contributed by atoms with van der Waals surface area (Å²) in [5.41, 5.74) is 5.55. The normalized spacial score (nSPS) is 12.2. The van der Waals surface area contributed by atoms with Gasteiger partial charge >= 0.3 is 0 Å². The fourth-order valence-electron chi connectivity index (χ4n) is 3.59. The van der Waals surface area contributed by atoms with Crippen molar-refractivity contribution in [1.29, 1.82) is 0 Å². The van der Waals surface area contributed by atoms with Crippen molar-refractivity contribution in [3.8, 4) is 5.75 Å². The molecule has 2 heterocycles. The van der Waals surface area contributed by atoms with Gasteiger partial charge in [-0.3, -0.25) is 4.79 Å². The van der Waals surface area contributed by atoms with Gasteiger partial charge in [-0.2, -0.15) is 0 Å². The van der Waals surface area contributed by atoms with Crippen LogP contribution in [-0.2, 0) is 6.61 Å². The van der Waals surface area contributed by atoms with E-state index in [9.17, 15) is 4.79 Å². The minimum absolute atomic E-state index is 0.0775. The van der Waals surface area contributed by atoms with Crippen LogP contribution in [0.25, 0.3) is 22.1 Å². The van der Waals surface area contributed by atoms with Crippen molar-refractivity contribution in [2.75, 3.05) is 0 Å². The van der Waals surface area contributed by atoms with E-state index in [1.54, 1.807) is 16.5 Å². The summed E-state index contributed by atoms with van der Waals surface area (Å²) >= 11 is 13.6. The molecule has 5 rings (SSSR count). The topological polar surface area (TPSA) is 43.6 Å². The lowest BCUT2D eigenvalue weighted by Gasteiger charge is -2.10. The number of halogens is 2. The van der Waals surface area contributed by atoms with Crippen LogP contribution in [-0.4, -0.2) is 9.38 Å². The first kappa shape index (κ1) is 21.0. The van der Waals surface area contributed by atoms with Crippen molar-refractivity contribution in [2.45, 2.75) is 20.5 Å². The lowest BCUT2D eigenvalue weighted by Crippen LogP contribution is -2.22. The molecule has 0 fully saturated rings. The first-order valence-electron chi connectivity index (χ1n) is 10.0. The highest BCUT2D eigenvalue weighted by Crippen LogP contribution is 2.25. The van der Waals surface area contributed by atoms with E-state index < -0.39 is 0 Å². The molecule has 0 saturated carbocycles. The zero-order chi connectivity index (χ0) is 22.4. The molecular formula is C25H18Cl2N2O2S. The molecule has 0 radical (unpaired) electrons. The molecule has 0 bridgehead atoms. The summed E-state index contributed by atoms with van der Waals surface area (Å²) in [7, 11) is 0. The molecule has 5 aromatic rings. The van der Waals surface area contributed by atoms with Crippen LogP contribution in [0.5, 0.6) is 5.75 Å². The monoisotopic (exact) mass is 480 g/mol. The van der Waals surface area contributed by atoms with Crippen LogP contribution < -0.4 is 14.8 Å². The van der Waals surface area contributed by atoms with Gasteiger partial charge in [-0.1, -0.05) is 58.8 Å². The molecule has 7 heteroatoms. The first-order valence-corrected chi connectivity index (χ1v) is 11.6. The Morgan fingerprint density at radius 2 is 1.84 bits per heavy atom. The number of rotatable bonds is 4. The zero-order valence-corrected chi connectivity index (χ0v) is 19.7. The van der Waals surface area contributed by atoms with Crippen molar-refractivity contribution in [1.82, 2.24) is 9.38 Å². The molecule has 0 amide bonds. The Labute approximate surface area is 198 Å². The molecule has 0 atom stereocenters. The van der Waals surface area contributed by atoms with E-state index in [1.807, 2.05) is 62.4 Å². The van der Waals surface area contributed by atoms with Crippen LogP contribution in [0.1, 0.15) is 22.3 Å². The van der Waals surface area contributed by atoms with Crippen molar-refractivity contribution >= 4 is 56.6 Å².